The minimum Gasteiger partial charge on any atom is -0.349 e. The number of carbonyl (C=O) groups is 1. The summed E-state index contributed by atoms with van der Waals surface area (Å²) in [7, 11) is 0. The van der Waals surface area contributed by atoms with Crippen LogP contribution in [-0.4, -0.2) is 28.5 Å². The van der Waals surface area contributed by atoms with Crippen LogP contribution >= 0.6 is 0 Å². The Morgan fingerprint density at radius 3 is 2.48 bits per heavy atom. The van der Waals surface area contributed by atoms with Gasteiger partial charge in [0, 0.05) is 31.0 Å². The minimum atomic E-state index is 0.0927. The number of nitrogens with zero attached hydrogens (tertiary/aromatic N) is 2. The van der Waals surface area contributed by atoms with Crippen molar-refractivity contribution >= 4 is 5.91 Å². The first-order valence-electron chi connectivity index (χ1n) is 8.28. The molecular weight excluding hydrogens is 286 g/mol. The van der Waals surface area contributed by atoms with Crippen molar-refractivity contribution in [2.45, 2.75) is 40.3 Å². The van der Waals surface area contributed by atoms with Gasteiger partial charge in [-0.05, 0) is 45.4 Å². The number of aromatic nitrogens is 1. The molecule has 4 nitrogen and oxygen atoms in total. The Kier molecular flexibility index (Phi) is 5.99. The molecule has 0 unspecified atom stereocenters. The van der Waals surface area contributed by atoms with Gasteiger partial charge in [0.05, 0.1) is 5.56 Å². The van der Waals surface area contributed by atoms with Gasteiger partial charge in [0.2, 0.25) is 0 Å². The second kappa shape index (κ2) is 7.97. The van der Waals surface area contributed by atoms with Crippen LogP contribution < -0.4 is 5.73 Å². The molecule has 0 bridgehead atoms. The monoisotopic (exact) mass is 313 g/mol. The van der Waals surface area contributed by atoms with E-state index in [1.54, 1.807) is 0 Å². The van der Waals surface area contributed by atoms with Gasteiger partial charge in [0.15, 0.2) is 0 Å². The molecule has 23 heavy (non-hydrogen) atoms. The number of nitrogens with two attached hydrogens (primary N) is 1. The second-order valence-electron chi connectivity index (χ2n) is 5.88. The average molecular weight is 313 g/mol. The Hall–Kier alpha value is -2.07. The largest absolute Gasteiger partial charge is 0.349 e. The van der Waals surface area contributed by atoms with Gasteiger partial charge in [-0.2, -0.15) is 0 Å². The number of benzene rings is 1. The summed E-state index contributed by atoms with van der Waals surface area (Å²) in [6.07, 6.45) is 0.811. The quantitative estimate of drug-likeness (QED) is 0.854. The summed E-state index contributed by atoms with van der Waals surface area (Å²) in [6.45, 7) is 8.95. The highest BCUT2D eigenvalue weighted by molar-refractivity contribution is 5.95. The first-order valence-corrected chi connectivity index (χ1v) is 8.28. The molecule has 2 N–H and O–H groups in total. The Morgan fingerprint density at radius 1 is 1.22 bits per heavy atom. The highest BCUT2D eigenvalue weighted by Gasteiger charge is 2.21. The van der Waals surface area contributed by atoms with E-state index in [1.807, 2.05) is 36.1 Å². The number of hydrogen-bond acceptors (Lipinski definition) is 2. The zero-order valence-corrected chi connectivity index (χ0v) is 14.4. The molecule has 1 heterocycles. The van der Waals surface area contributed by atoms with E-state index in [0.717, 1.165) is 35.5 Å². The number of aryl methyl sites for hydroxylation is 1. The topological polar surface area (TPSA) is 51.3 Å². The molecule has 0 aliphatic rings. The highest BCUT2D eigenvalue weighted by atomic mass is 16.2. The summed E-state index contributed by atoms with van der Waals surface area (Å²) < 4.78 is 2.18. The van der Waals surface area contributed by atoms with Gasteiger partial charge in [-0.1, -0.05) is 30.3 Å². The summed E-state index contributed by atoms with van der Waals surface area (Å²) in [5.74, 6) is 0.0927. The van der Waals surface area contributed by atoms with Crippen molar-refractivity contribution in [2.24, 2.45) is 5.73 Å². The van der Waals surface area contributed by atoms with E-state index >= 15 is 0 Å². The minimum absolute atomic E-state index is 0.0927. The average Bonchev–Trinajstić information content (AvgIpc) is 2.85. The molecule has 0 spiro atoms. The van der Waals surface area contributed by atoms with Crippen molar-refractivity contribution in [3.05, 3.63) is 58.9 Å². The summed E-state index contributed by atoms with van der Waals surface area (Å²) in [6, 6.07) is 12.1. The Bertz CT molecular complexity index is 646. The van der Waals surface area contributed by atoms with E-state index in [0.29, 0.717) is 19.6 Å². The fourth-order valence-electron chi connectivity index (χ4n) is 3.01. The van der Waals surface area contributed by atoms with Crippen molar-refractivity contribution in [1.82, 2.24) is 9.47 Å². The molecule has 0 aliphatic heterocycles. The van der Waals surface area contributed by atoms with Crippen molar-refractivity contribution in [1.29, 1.82) is 0 Å². The Balaban J connectivity index is 2.26. The van der Waals surface area contributed by atoms with E-state index in [2.05, 4.69) is 30.5 Å². The van der Waals surface area contributed by atoms with Gasteiger partial charge in [-0.3, -0.25) is 4.79 Å². The van der Waals surface area contributed by atoms with Crippen LogP contribution in [0.15, 0.2) is 36.4 Å². The van der Waals surface area contributed by atoms with E-state index < -0.39 is 0 Å². The normalized spacial score (nSPS) is 10.8. The van der Waals surface area contributed by atoms with Crippen molar-refractivity contribution < 1.29 is 4.79 Å². The third-order valence-corrected chi connectivity index (χ3v) is 4.26. The van der Waals surface area contributed by atoms with Crippen LogP contribution in [0.25, 0.3) is 0 Å². The molecule has 2 rings (SSSR count). The molecular formula is C19H27N3O. The fourth-order valence-corrected chi connectivity index (χ4v) is 3.01. The lowest BCUT2D eigenvalue weighted by Gasteiger charge is -2.23. The Labute approximate surface area is 138 Å². The molecule has 4 heteroatoms. The maximum absolute atomic E-state index is 13.0. The molecule has 0 saturated carbocycles. The van der Waals surface area contributed by atoms with Gasteiger partial charge in [-0.25, -0.2) is 0 Å². The van der Waals surface area contributed by atoms with Crippen molar-refractivity contribution in [3.8, 4) is 0 Å². The third-order valence-electron chi connectivity index (χ3n) is 4.26. The van der Waals surface area contributed by atoms with E-state index in [4.69, 9.17) is 5.73 Å². The predicted molar refractivity (Wildman–Crippen MR) is 94.4 cm³/mol. The SMILES string of the molecule is CCn1c(C)cc(C(=O)N(CCCN)Cc2ccccc2)c1C. The molecule has 0 aliphatic carbocycles. The lowest BCUT2D eigenvalue weighted by Crippen LogP contribution is -2.32. The van der Waals surface area contributed by atoms with Crippen LogP contribution in [0.3, 0.4) is 0 Å². The highest BCUT2D eigenvalue weighted by Crippen LogP contribution is 2.18. The van der Waals surface area contributed by atoms with Crippen molar-refractivity contribution in [3.63, 3.8) is 0 Å². The van der Waals surface area contributed by atoms with Crippen LogP contribution in [-0.2, 0) is 13.1 Å². The second-order valence-corrected chi connectivity index (χ2v) is 5.88. The number of carbonyl (C=O) groups excluding carboxylic acids is 1. The zero-order chi connectivity index (χ0) is 16.8. The molecule has 1 aromatic carbocycles. The fraction of sp³-hybridized carbons (Fsp3) is 0.421. The van der Waals surface area contributed by atoms with Gasteiger partial charge < -0.3 is 15.2 Å². The van der Waals surface area contributed by atoms with Crippen LogP contribution in [0.1, 0.15) is 40.7 Å². The lowest BCUT2D eigenvalue weighted by atomic mass is 10.1. The first-order chi connectivity index (χ1) is 11.1. The standard InChI is InChI=1S/C19H27N3O/c1-4-22-15(2)13-18(16(22)3)19(23)21(12-8-11-20)14-17-9-6-5-7-10-17/h5-7,9-10,13H,4,8,11-12,14,20H2,1-3H3. The predicted octanol–water partition coefficient (Wildman–Crippen LogP) is 3.12. The molecule has 124 valence electrons. The summed E-state index contributed by atoms with van der Waals surface area (Å²) in [5, 5.41) is 0. The first kappa shape index (κ1) is 17.3. The smallest absolute Gasteiger partial charge is 0.255 e. The van der Waals surface area contributed by atoms with Crippen LogP contribution in [0.4, 0.5) is 0 Å². The van der Waals surface area contributed by atoms with E-state index in [1.165, 1.54) is 0 Å². The molecule has 0 fully saturated rings. The molecule has 1 amide bonds. The number of amides is 1. The molecule has 0 saturated heterocycles. The van der Waals surface area contributed by atoms with Crippen LogP contribution in [0, 0.1) is 13.8 Å². The number of rotatable bonds is 7. The van der Waals surface area contributed by atoms with E-state index in [-0.39, 0.29) is 5.91 Å². The third kappa shape index (κ3) is 4.02. The molecule has 0 radical (unpaired) electrons. The van der Waals surface area contributed by atoms with Gasteiger partial charge in [-0.15, -0.1) is 0 Å². The number of hydrogen-bond donors (Lipinski definition) is 1. The maximum Gasteiger partial charge on any atom is 0.255 e. The maximum atomic E-state index is 13.0. The zero-order valence-electron chi connectivity index (χ0n) is 14.4. The van der Waals surface area contributed by atoms with Gasteiger partial charge >= 0.3 is 0 Å². The van der Waals surface area contributed by atoms with Gasteiger partial charge in [0.25, 0.3) is 5.91 Å². The molecule has 1 aromatic heterocycles. The van der Waals surface area contributed by atoms with E-state index in [9.17, 15) is 4.79 Å². The molecule has 2 aromatic rings. The van der Waals surface area contributed by atoms with Crippen LogP contribution in [0.2, 0.25) is 0 Å². The summed E-state index contributed by atoms with van der Waals surface area (Å²) in [4.78, 5) is 14.9. The summed E-state index contributed by atoms with van der Waals surface area (Å²) >= 11 is 0. The Morgan fingerprint density at radius 2 is 1.91 bits per heavy atom. The lowest BCUT2D eigenvalue weighted by molar-refractivity contribution is 0.0741. The molecule has 0 atom stereocenters. The van der Waals surface area contributed by atoms with Gasteiger partial charge in [0.1, 0.15) is 0 Å². The summed E-state index contributed by atoms with van der Waals surface area (Å²) in [5.41, 5.74) is 9.76. The van der Waals surface area contributed by atoms with Crippen molar-refractivity contribution in [2.75, 3.05) is 13.1 Å². The van der Waals surface area contributed by atoms with Crippen LogP contribution in [0.5, 0.6) is 0 Å².